The number of carbonyl (C=O) groups is 1. The van der Waals surface area contributed by atoms with Crippen LogP contribution in [0.4, 0.5) is 5.13 Å². The van der Waals surface area contributed by atoms with E-state index in [0.717, 1.165) is 10.1 Å². The molecule has 3 aromatic rings. The van der Waals surface area contributed by atoms with Crippen LogP contribution in [0.15, 0.2) is 57.8 Å². The third-order valence-electron chi connectivity index (χ3n) is 5.20. The highest BCUT2D eigenvalue weighted by molar-refractivity contribution is 8.00. The lowest BCUT2D eigenvalue weighted by molar-refractivity contribution is 0.0730. The molecule has 1 aromatic heterocycles. The Morgan fingerprint density at radius 2 is 1.85 bits per heavy atom. The van der Waals surface area contributed by atoms with Crippen LogP contribution in [-0.4, -0.2) is 61.6 Å². The molecule has 33 heavy (non-hydrogen) atoms. The van der Waals surface area contributed by atoms with Crippen molar-refractivity contribution >= 4 is 44.0 Å². The summed E-state index contributed by atoms with van der Waals surface area (Å²) in [5.74, 6) is 0.648. The maximum Gasteiger partial charge on any atom is 0.243 e. The Balaban J connectivity index is 1.30. The molecular formula is C22H24N4O4S3. The first-order valence-electron chi connectivity index (χ1n) is 10.4. The number of nitrogens with one attached hydrogen (secondary N) is 1. The first kappa shape index (κ1) is 23.8. The van der Waals surface area contributed by atoms with E-state index in [1.54, 1.807) is 23.9 Å². The summed E-state index contributed by atoms with van der Waals surface area (Å²) in [5, 5.41) is 11.9. The Bertz CT molecular complexity index is 1210. The van der Waals surface area contributed by atoms with Crippen molar-refractivity contribution in [1.29, 1.82) is 0 Å². The maximum atomic E-state index is 12.7. The van der Waals surface area contributed by atoms with Crippen LogP contribution in [0, 0.1) is 6.92 Å². The first-order valence-corrected chi connectivity index (χ1v) is 13.6. The number of aryl methyl sites for hydroxylation is 1. The standard InChI is InChI=1S/C22H24N4O4S3/c1-16-4-2-3-5-18(16)15-31-22-25-24-21(32-22)23-14-20(27)17-6-8-19(9-7-17)33(28,29)26-10-12-30-13-11-26/h2-9H,10-15H2,1H3,(H,23,24). The van der Waals surface area contributed by atoms with Gasteiger partial charge in [-0.2, -0.15) is 4.31 Å². The first-order chi connectivity index (χ1) is 15.9. The SMILES string of the molecule is Cc1ccccc1CSc1nnc(NCC(=O)c2ccc(S(=O)(=O)N3CCOCC3)cc2)s1. The Morgan fingerprint density at radius 1 is 1.12 bits per heavy atom. The van der Waals surface area contributed by atoms with Gasteiger partial charge in [0.05, 0.1) is 24.7 Å². The molecule has 0 amide bonds. The second kappa shape index (κ2) is 10.7. The number of nitrogens with zero attached hydrogens (tertiary/aromatic N) is 3. The molecule has 11 heteroatoms. The van der Waals surface area contributed by atoms with E-state index in [1.807, 2.05) is 12.1 Å². The number of benzene rings is 2. The summed E-state index contributed by atoms with van der Waals surface area (Å²) in [4.78, 5) is 12.7. The van der Waals surface area contributed by atoms with Gasteiger partial charge in [-0.25, -0.2) is 8.42 Å². The molecule has 174 valence electrons. The van der Waals surface area contributed by atoms with E-state index >= 15 is 0 Å². The molecule has 1 aliphatic heterocycles. The highest BCUT2D eigenvalue weighted by atomic mass is 32.2. The van der Waals surface area contributed by atoms with Crippen LogP contribution < -0.4 is 5.32 Å². The third kappa shape index (κ3) is 5.98. The number of ketones is 1. The average molecular weight is 505 g/mol. The normalized spacial score (nSPS) is 14.8. The lowest BCUT2D eigenvalue weighted by Gasteiger charge is -2.26. The molecule has 1 N–H and O–H groups in total. The molecule has 0 saturated carbocycles. The summed E-state index contributed by atoms with van der Waals surface area (Å²) in [6, 6.07) is 14.3. The Labute approximate surface area is 201 Å². The quantitative estimate of drug-likeness (QED) is 0.349. The summed E-state index contributed by atoms with van der Waals surface area (Å²) < 4.78 is 32.8. The molecule has 0 unspecified atom stereocenters. The van der Waals surface area contributed by atoms with Gasteiger partial charge in [0.15, 0.2) is 10.1 Å². The summed E-state index contributed by atoms with van der Waals surface area (Å²) in [6.45, 7) is 3.57. The van der Waals surface area contributed by atoms with E-state index in [2.05, 4.69) is 34.6 Å². The number of carbonyl (C=O) groups excluding carboxylic acids is 1. The Morgan fingerprint density at radius 3 is 2.58 bits per heavy atom. The molecule has 0 spiro atoms. The van der Waals surface area contributed by atoms with E-state index in [9.17, 15) is 13.2 Å². The largest absolute Gasteiger partial charge is 0.379 e. The monoisotopic (exact) mass is 504 g/mol. The molecule has 8 nitrogen and oxygen atoms in total. The zero-order valence-electron chi connectivity index (χ0n) is 18.1. The highest BCUT2D eigenvalue weighted by Crippen LogP contribution is 2.29. The van der Waals surface area contributed by atoms with Gasteiger partial charge in [-0.05, 0) is 42.3 Å². The van der Waals surface area contributed by atoms with E-state index in [0.29, 0.717) is 37.0 Å². The number of hydrogen-bond donors (Lipinski definition) is 1. The third-order valence-corrected chi connectivity index (χ3v) is 9.18. The van der Waals surface area contributed by atoms with Gasteiger partial charge < -0.3 is 10.1 Å². The Kier molecular flexibility index (Phi) is 7.76. The van der Waals surface area contributed by atoms with E-state index in [1.165, 1.54) is 38.9 Å². The predicted molar refractivity (Wildman–Crippen MR) is 129 cm³/mol. The van der Waals surface area contributed by atoms with E-state index in [-0.39, 0.29) is 17.2 Å². The van der Waals surface area contributed by atoms with Crippen molar-refractivity contribution < 1.29 is 17.9 Å². The van der Waals surface area contributed by atoms with Crippen molar-refractivity contribution in [3.05, 3.63) is 65.2 Å². The summed E-state index contributed by atoms with van der Waals surface area (Å²) in [6.07, 6.45) is 0. The van der Waals surface area contributed by atoms with Crippen LogP contribution in [0.25, 0.3) is 0 Å². The van der Waals surface area contributed by atoms with Crippen molar-refractivity contribution in [1.82, 2.24) is 14.5 Å². The van der Waals surface area contributed by atoms with Crippen LogP contribution in [0.5, 0.6) is 0 Å². The van der Waals surface area contributed by atoms with Crippen molar-refractivity contribution in [3.63, 3.8) is 0 Å². The minimum absolute atomic E-state index is 0.0483. The van der Waals surface area contributed by atoms with E-state index in [4.69, 9.17) is 4.74 Å². The molecule has 1 saturated heterocycles. The van der Waals surface area contributed by atoms with E-state index < -0.39 is 10.0 Å². The zero-order valence-corrected chi connectivity index (χ0v) is 20.5. The molecular weight excluding hydrogens is 480 g/mol. The number of hydrogen-bond acceptors (Lipinski definition) is 9. The molecule has 1 aliphatic rings. The molecule has 2 heterocycles. The smallest absolute Gasteiger partial charge is 0.243 e. The van der Waals surface area contributed by atoms with Crippen LogP contribution in [0.2, 0.25) is 0 Å². The fraction of sp³-hybridized carbons (Fsp3) is 0.318. The van der Waals surface area contributed by atoms with Crippen LogP contribution in [0.1, 0.15) is 21.5 Å². The van der Waals surface area contributed by atoms with Crippen molar-refractivity contribution in [2.45, 2.75) is 21.9 Å². The number of sulfonamides is 1. The van der Waals surface area contributed by atoms with Gasteiger partial charge in [-0.15, -0.1) is 10.2 Å². The minimum Gasteiger partial charge on any atom is -0.379 e. The second-order valence-electron chi connectivity index (χ2n) is 7.41. The number of aromatic nitrogens is 2. The van der Waals surface area contributed by atoms with Crippen molar-refractivity contribution in [3.8, 4) is 0 Å². The maximum absolute atomic E-state index is 12.7. The van der Waals surface area contributed by atoms with Gasteiger partial charge in [-0.3, -0.25) is 4.79 Å². The fourth-order valence-corrected chi connectivity index (χ4v) is 6.49. The number of thioether (sulfide) groups is 1. The van der Waals surface area contributed by atoms with Gasteiger partial charge in [0, 0.05) is 24.4 Å². The van der Waals surface area contributed by atoms with Gasteiger partial charge in [0.25, 0.3) is 0 Å². The molecule has 0 atom stereocenters. The summed E-state index contributed by atoms with van der Waals surface area (Å²) in [5.41, 5.74) is 2.92. The molecule has 0 radical (unpaired) electrons. The highest BCUT2D eigenvalue weighted by Gasteiger charge is 2.26. The Hall–Kier alpha value is -2.31. The minimum atomic E-state index is -3.58. The number of anilines is 1. The molecule has 4 rings (SSSR count). The van der Waals surface area contributed by atoms with Crippen LogP contribution >= 0.6 is 23.1 Å². The fourth-order valence-electron chi connectivity index (χ4n) is 3.26. The topological polar surface area (TPSA) is 101 Å². The average Bonchev–Trinajstić information content (AvgIpc) is 3.30. The van der Waals surface area contributed by atoms with Gasteiger partial charge in [0.2, 0.25) is 15.2 Å². The molecule has 0 bridgehead atoms. The van der Waals surface area contributed by atoms with Crippen molar-refractivity contribution in [2.75, 3.05) is 38.2 Å². The van der Waals surface area contributed by atoms with Gasteiger partial charge in [0.1, 0.15) is 0 Å². The van der Waals surface area contributed by atoms with Gasteiger partial charge >= 0.3 is 0 Å². The number of rotatable bonds is 9. The lowest BCUT2D eigenvalue weighted by Crippen LogP contribution is -2.40. The number of ether oxygens (including phenoxy) is 1. The lowest BCUT2D eigenvalue weighted by atomic mass is 10.1. The zero-order chi connectivity index (χ0) is 23.3. The van der Waals surface area contributed by atoms with Crippen LogP contribution in [-0.2, 0) is 20.5 Å². The molecule has 2 aromatic carbocycles. The molecule has 1 fully saturated rings. The van der Waals surface area contributed by atoms with Crippen LogP contribution in [0.3, 0.4) is 0 Å². The number of Topliss-reactive ketones (excluding diaryl/α,β-unsaturated/α-hetero) is 1. The van der Waals surface area contributed by atoms with Crippen molar-refractivity contribution in [2.24, 2.45) is 0 Å². The summed E-state index contributed by atoms with van der Waals surface area (Å²) >= 11 is 3.01. The molecule has 0 aliphatic carbocycles. The number of morpholine rings is 1. The van der Waals surface area contributed by atoms with Gasteiger partial charge in [-0.1, -0.05) is 47.4 Å². The summed E-state index contributed by atoms with van der Waals surface area (Å²) in [7, 11) is -3.58. The second-order valence-corrected chi connectivity index (χ2v) is 11.5. The predicted octanol–water partition coefficient (Wildman–Crippen LogP) is 3.45.